The molecule has 0 radical (unpaired) electrons. The summed E-state index contributed by atoms with van der Waals surface area (Å²) < 4.78 is 42.3. The van der Waals surface area contributed by atoms with E-state index >= 15 is 0 Å². The zero-order chi connectivity index (χ0) is 13.3. The lowest BCUT2D eigenvalue weighted by Gasteiger charge is -2.06. The summed E-state index contributed by atoms with van der Waals surface area (Å²) in [6.07, 6.45) is -3.82. The SMILES string of the molecule is CC(O)c1cnc(-c2ccc(C(F)(F)F)cc2)o1. The highest BCUT2D eigenvalue weighted by Gasteiger charge is 2.30. The summed E-state index contributed by atoms with van der Waals surface area (Å²) in [5.74, 6) is 0.449. The van der Waals surface area contributed by atoms with Crippen LogP contribution in [0.25, 0.3) is 11.5 Å². The van der Waals surface area contributed by atoms with E-state index in [1.807, 2.05) is 0 Å². The molecule has 0 bridgehead atoms. The molecule has 0 amide bonds. The Bertz CT molecular complexity index is 529. The number of benzene rings is 1. The molecule has 0 saturated heterocycles. The van der Waals surface area contributed by atoms with Gasteiger partial charge in [-0.15, -0.1) is 0 Å². The number of rotatable bonds is 2. The Morgan fingerprint density at radius 3 is 2.28 bits per heavy atom. The van der Waals surface area contributed by atoms with Crippen molar-refractivity contribution in [2.24, 2.45) is 0 Å². The third-order valence-electron chi connectivity index (χ3n) is 2.39. The monoisotopic (exact) mass is 257 g/mol. The molecule has 18 heavy (non-hydrogen) atoms. The fraction of sp³-hybridized carbons (Fsp3) is 0.250. The van der Waals surface area contributed by atoms with Crippen molar-refractivity contribution in [3.05, 3.63) is 41.8 Å². The third-order valence-corrected chi connectivity index (χ3v) is 2.39. The van der Waals surface area contributed by atoms with Crippen molar-refractivity contribution in [3.63, 3.8) is 0 Å². The minimum atomic E-state index is -4.36. The van der Waals surface area contributed by atoms with E-state index in [9.17, 15) is 18.3 Å². The van der Waals surface area contributed by atoms with Gasteiger partial charge in [0.1, 0.15) is 6.10 Å². The van der Waals surface area contributed by atoms with E-state index in [-0.39, 0.29) is 11.7 Å². The quantitative estimate of drug-likeness (QED) is 0.896. The van der Waals surface area contributed by atoms with Crippen molar-refractivity contribution in [3.8, 4) is 11.5 Å². The summed E-state index contributed by atoms with van der Waals surface area (Å²) in [6, 6.07) is 4.48. The van der Waals surface area contributed by atoms with E-state index in [0.717, 1.165) is 12.1 Å². The molecular weight excluding hydrogens is 247 g/mol. The number of alkyl halides is 3. The van der Waals surface area contributed by atoms with Gasteiger partial charge in [0, 0.05) is 5.56 Å². The van der Waals surface area contributed by atoms with Crippen LogP contribution in [-0.4, -0.2) is 10.1 Å². The van der Waals surface area contributed by atoms with Gasteiger partial charge >= 0.3 is 6.18 Å². The molecule has 1 atom stereocenters. The minimum Gasteiger partial charge on any atom is -0.438 e. The van der Waals surface area contributed by atoms with Crippen LogP contribution in [0.5, 0.6) is 0 Å². The third kappa shape index (κ3) is 2.53. The molecule has 1 heterocycles. The van der Waals surface area contributed by atoms with Crippen molar-refractivity contribution >= 4 is 0 Å². The number of aliphatic hydroxyl groups is 1. The van der Waals surface area contributed by atoms with Crippen LogP contribution in [0.2, 0.25) is 0 Å². The molecule has 2 aromatic rings. The van der Waals surface area contributed by atoms with Crippen LogP contribution in [-0.2, 0) is 6.18 Å². The maximum Gasteiger partial charge on any atom is 0.416 e. The first-order valence-electron chi connectivity index (χ1n) is 5.19. The number of hydrogen-bond donors (Lipinski definition) is 1. The number of oxazole rings is 1. The Labute approximate surface area is 101 Å². The first-order valence-corrected chi connectivity index (χ1v) is 5.19. The molecule has 1 aromatic carbocycles. The van der Waals surface area contributed by atoms with Crippen molar-refractivity contribution in [1.29, 1.82) is 0 Å². The van der Waals surface area contributed by atoms with Gasteiger partial charge in [0.15, 0.2) is 5.76 Å². The molecule has 1 N–H and O–H groups in total. The number of nitrogens with zero attached hydrogens (tertiary/aromatic N) is 1. The molecule has 1 unspecified atom stereocenters. The number of halogens is 3. The summed E-state index contributed by atoms with van der Waals surface area (Å²) in [5, 5.41) is 9.25. The molecule has 0 saturated carbocycles. The Hall–Kier alpha value is -1.82. The highest BCUT2D eigenvalue weighted by molar-refractivity contribution is 5.53. The Morgan fingerprint density at radius 1 is 1.22 bits per heavy atom. The largest absolute Gasteiger partial charge is 0.438 e. The van der Waals surface area contributed by atoms with Gasteiger partial charge in [-0.1, -0.05) is 0 Å². The predicted molar refractivity (Wildman–Crippen MR) is 57.6 cm³/mol. The topological polar surface area (TPSA) is 46.3 Å². The zero-order valence-corrected chi connectivity index (χ0v) is 9.40. The lowest BCUT2D eigenvalue weighted by molar-refractivity contribution is -0.137. The molecule has 1 aromatic heterocycles. The average molecular weight is 257 g/mol. The molecule has 3 nitrogen and oxygen atoms in total. The summed E-state index contributed by atoms with van der Waals surface area (Å²) in [7, 11) is 0. The molecule has 6 heteroatoms. The van der Waals surface area contributed by atoms with Crippen molar-refractivity contribution in [1.82, 2.24) is 4.98 Å². The van der Waals surface area contributed by atoms with Crippen LogP contribution in [0.1, 0.15) is 24.4 Å². The van der Waals surface area contributed by atoms with Gasteiger partial charge in [0.05, 0.1) is 11.8 Å². The highest BCUT2D eigenvalue weighted by atomic mass is 19.4. The maximum absolute atomic E-state index is 12.4. The zero-order valence-electron chi connectivity index (χ0n) is 9.40. The molecular formula is C12H10F3NO2. The van der Waals surface area contributed by atoms with E-state index in [1.165, 1.54) is 25.3 Å². The Morgan fingerprint density at radius 2 is 1.83 bits per heavy atom. The van der Waals surface area contributed by atoms with Gasteiger partial charge in [0.2, 0.25) is 5.89 Å². The fourth-order valence-corrected chi connectivity index (χ4v) is 1.41. The predicted octanol–water partition coefficient (Wildman–Crippen LogP) is 3.41. The second-order valence-corrected chi connectivity index (χ2v) is 3.82. The van der Waals surface area contributed by atoms with Crippen LogP contribution < -0.4 is 0 Å². The molecule has 0 aliphatic carbocycles. The lowest BCUT2D eigenvalue weighted by atomic mass is 10.1. The van der Waals surface area contributed by atoms with Gasteiger partial charge < -0.3 is 9.52 Å². The van der Waals surface area contributed by atoms with Crippen LogP contribution in [0.3, 0.4) is 0 Å². The molecule has 0 aliphatic rings. The van der Waals surface area contributed by atoms with E-state index in [1.54, 1.807) is 0 Å². The first kappa shape index (κ1) is 12.6. The highest BCUT2D eigenvalue weighted by Crippen LogP contribution is 2.31. The summed E-state index contributed by atoms with van der Waals surface area (Å²) in [4.78, 5) is 3.89. The van der Waals surface area contributed by atoms with Crippen LogP contribution in [0, 0.1) is 0 Å². The maximum atomic E-state index is 12.4. The summed E-state index contributed by atoms with van der Waals surface area (Å²) in [5.41, 5.74) is -0.302. The second kappa shape index (κ2) is 4.45. The smallest absolute Gasteiger partial charge is 0.416 e. The van der Waals surface area contributed by atoms with Crippen LogP contribution >= 0.6 is 0 Å². The van der Waals surface area contributed by atoms with E-state index < -0.39 is 17.8 Å². The number of aromatic nitrogens is 1. The van der Waals surface area contributed by atoms with Crippen molar-refractivity contribution < 1.29 is 22.7 Å². The fourth-order valence-electron chi connectivity index (χ4n) is 1.41. The van der Waals surface area contributed by atoms with E-state index in [0.29, 0.717) is 5.56 Å². The second-order valence-electron chi connectivity index (χ2n) is 3.82. The summed E-state index contributed by atoms with van der Waals surface area (Å²) in [6.45, 7) is 1.51. The van der Waals surface area contributed by atoms with Gasteiger partial charge in [-0.3, -0.25) is 0 Å². The van der Waals surface area contributed by atoms with Gasteiger partial charge in [-0.25, -0.2) is 4.98 Å². The van der Waals surface area contributed by atoms with Crippen LogP contribution in [0.4, 0.5) is 13.2 Å². The molecule has 2 rings (SSSR count). The molecule has 0 spiro atoms. The normalized spacial score (nSPS) is 13.6. The number of hydrogen-bond acceptors (Lipinski definition) is 3. The van der Waals surface area contributed by atoms with Gasteiger partial charge in [0.25, 0.3) is 0 Å². The molecule has 0 aliphatic heterocycles. The summed E-state index contributed by atoms with van der Waals surface area (Å²) >= 11 is 0. The van der Waals surface area contributed by atoms with Crippen molar-refractivity contribution in [2.75, 3.05) is 0 Å². The average Bonchev–Trinajstić information content (AvgIpc) is 2.77. The molecule has 0 fully saturated rings. The minimum absolute atomic E-state index is 0.180. The molecule has 96 valence electrons. The Balaban J connectivity index is 2.29. The van der Waals surface area contributed by atoms with Gasteiger partial charge in [-0.2, -0.15) is 13.2 Å². The standard InChI is InChI=1S/C12H10F3NO2/c1-7(17)10-6-16-11(18-10)8-2-4-9(5-3-8)12(13,14)15/h2-7,17H,1H3. The van der Waals surface area contributed by atoms with Crippen molar-refractivity contribution in [2.45, 2.75) is 19.2 Å². The van der Waals surface area contributed by atoms with Crippen LogP contribution in [0.15, 0.2) is 34.9 Å². The Kier molecular flexibility index (Phi) is 3.13. The number of aliphatic hydroxyl groups excluding tert-OH is 1. The first-order chi connectivity index (χ1) is 8.38. The van der Waals surface area contributed by atoms with E-state index in [4.69, 9.17) is 4.42 Å². The van der Waals surface area contributed by atoms with Gasteiger partial charge in [-0.05, 0) is 31.2 Å². The lowest BCUT2D eigenvalue weighted by Crippen LogP contribution is -2.03. The van der Waals surface area contributed by atoms with E-state index in [2.05, 4.69) is 4.98 Å².